The van der Waals surface area contributed by atoms with E-state index in [0.717, 1.165) is 33.5 Å². The molecule has 2 aliphatic rings. The van der Waals surface area contributed by atoms with Crippen molar-refractivity contribution in [1.29, 1.82) is 0 Å². The molecule has 0 radical (unpaired) electrons. The number of amides is 2. The highest BCUT2D eigenvalue weighted by Gasteiger charge is 2.48. The van der Waals surface area contributed by atoms with E-state index in [1.807, 2.05) is 49.4 Å². The van der Waals surface area contributed by atoms with E-state index < -0.39 is 6.04 Å². The highest BCUT2D eigenvalue weighted by molar-refractivity contribution is 5.97. The molecule has 2 aliphatic heterocycles. The Labute approximate surface area is 169 Å². The Hall–Kier alpha value is -3.28. The van der Waals surface area contributed by atoms with Crippen LogP contribution in [0.5, 0.6) is 5.75 Å². The monoisotopic (exact) mass is 389 g/mol. The lowest BCUT2D eigenvalue weighted by Crippen LogP contribution is -2.62. The predicted octanol–water partition coefficient (Wildman–Crippen LogP) is 2.88. The Morgan fingerprint density at radius 1 is 1.10 bits per heavy atom. The van der Waals surface area contributed by atoms with E-state index in [2.05, 4.69) is 11.1 Å². The van der Waals surface area contributed by atoms with Gasteiger partial charge in [-0.1, -0.05) is 36.4 Å². The smallest absolute Gasteiger partial charge is 0.245 e. The average molecular weight is 389 g/mol. The van der Waals surface area contributed by atoms with Crippen molar-refractivity contribution in [1.82, 2.24) is 14.8 Å². The quantitative estimate of drug-likeness (QED) is 0.749. The van der Waals surface area contributed by atoms with Crippen LogP contribution in [0.25, 0.3) is 10.9 Å². The number of para-hydroxylation sites is 2. The van der Waals surface area contributed by atoms with E-state index in [1.165, 1.54) is 4.90 Å². The zero-order valence-corrected chi connectivity index (χ0v) is 16.5. The van der Waals surface area contributed by atoms with Gasteiger partial charge in [0, 0.05) is 35.6 Å². The first-order valence-electron chi connectivity index (χ1n) is 9.97. The van der Waals surface area contributed by atoms with Gasteiger partial charge < -0.3 is 19.5 Å². The lowest BCUT2D eigenvalue weighted by Gasteiger charge is -2.46. The molecule has 1 N–H and O–H groups in total. The molecule has 1 fully saturated rings. The minimum Gasteiger partial charge on any atom is -0.494 e. The summed E-state index contributed by atoms with van der Waals surface area (Å²) in [6, 6.07) is 15.0. The molecule has 1 saturated heterocycles. The van der Waals surface area contributed by atoms with Crippen molar-refractivity contribution in [3.63, 3.8) is 0 Å². The summed E-state index contributed by atoms with van der Waals surface area (Å²) < 4.78 is 5.90. The van der Waals surface area contributed by atoms with Crippen LogP contribution >= 0.6 is 0 Å². The molecule has 0 saturated carbocycles. The molecule has 29 heavy (non-hydrogen) atoms. The van der Waals surface area contributed by atoms with Gasteiger partial charge in [-0.3, -0.25) is 9.59 Å². The van der Waals surface area contributed by atoms with Crippen LogP contribution in [0.1, 0.15) is 29.8 Å². The molecule has 1 aromatic heterocycles. The maximum atomic E-state index is 13.1. The molecule has 3 heterocycles. The van der Waals surface area contributed by atoms with E-state index in [-0.39, 0.29) is 24.4 Å². The first kappa shape index (κ1) is 17.8. The summed E-state index contributed by atoms with van der Waals surface area (Å²) in [7, 11) is 1.70. The molecule has 5 rings (SSSR count). The zero-order chi connectivity index (χ0) is 20.1. The molecular weight excluding hydrogens is 366 g/mol. The van der Waals surface area contributed by atoms with Gasteiger partial charge in [-0.05, 0) is 24.6 Å². The summed E-state index contributed by atoms with van der Waals surface area (Å²) in [5.74, 6) is 0.682. The van der Waals surface area contributed by atoms with Crippen LogP contribution in [0.3, 0.4) is 0 Å². The number of carbonyl (C=O) groups excluding carboxylic acids is 2. The molecule has 0 aliphatic carbocycles. The first-order chi connectivity index (χ1) is 14.1. The zero-order valence-electron chi connectivity index (χ0n) is 16.5. The maximum absolute atomic E-state index is 13.1. The third kappa shape index (κ3) is 2.63. The molecule has 2 atom stereocenters. The summed E-state index contributed by atoms with van der Waals surface area (Å²) in [6.07, 6.45) is 0.515. The van der Waals surface area contributed by atoms with Crippen LogP contribution in [0, 0.1) is 0 Å². The fourth-order valence-electron chi connectivity index (χ4n) is 4.72. The number of nitrogens with zero attached hydrogens (tertiary/aromatic N) is 2. The molecule has 148 valence electrons. The van der Waals surface area contributed by atoms with Crippen molar-refractivity contribution >= 4 is 22.7 Å². The first-order valence-corrected chi connectivity index (χ1v) is 9.97. The normalized spacial score (nSPS) is 21.3. The molecule has 3 aromatic rings. The number of benzene rings is 2. The van der Waals surface area contributed by atoms with Gasteiger partial charge in [-0.15, -0.1) is 0 Å². The van der Waals surface area contributed by atoms with Crippen molar-refractivity contribution in [2.45, 2.75) is 25.4 Å². The number of aromatic nitrogens is 1. The van der Waals surface area contributed by atoms with E-state index in [0.29, 0.717) is 13.0 Å². The Kier molecular flexibility index (Phi) is 4.08. The van der Waals surface area contributed by atoms with Gasteiger partial charge >= 0.3 is 0 Å². The third-order valence-electron chi connectivity index (χ3n) is 5.97. The van der Waals surface area contributed by atoms with Crippen molar-refractivity contribution in [2.24, 2.45) is 0 Å². The Balaban J connectivity index is 1.77. The number of fused-ring (bicyclic) bond motifs is 4. The Morgan fingerprint density at radius 2 is 1.86 bits per heavy atom. The average Bonchev–Trinajstić information content (AvgIpc) is 3.10. The minimum absolute atomic E-state index is 0.0144. The number of carbonyl (C=O) groups is 2. The van der Waals surface area contributed by atoms with Crippen LogP contribution in [0.15, 0.2) is 48.5 Å². The SMILES string of the molecule is CCOc1ccccc1[C@@H]1c2[nH]c3ccccc3c2C[C@H]2C(=O)N(C)CC(=O)N12. The van der Waals surface area contributed by atoms with Crippen LogP contribution in [0.2, 0.25) is 0 Å². The topological polar surface area (TPSA) is 65.6 Å². The van der Waals surface area contributed by atoms with Gasteiger partial charge in [-0.2, -0.15) is 0 Å². The lowest BCUT2D eigenvalue weighted by molar-refractivity contribution is -0.157. The molecular formula is C23H23N3O3. The number of piperazine rings is 1. The second-order valence-electron chi connectivity index (χ2n) is 7.65. The van der Waals surface area contributed by atoms with Crippen LogP contribution < -0.4 is 4.74 Å². The maximum Gasteiger partial charge on any atom is 0.245 e. The molecule has 0 unspecified atom stereocenters. The summed E-state index contributed by atoms with van der Waals surface area (Å²) in [5.41, 5.74) is 4.00. The number of ether oxygens (including phenoxy) is 1. The standard InChI is InChI=1S/C23H23N3O3/c1-3-29-19-11-7-5-9-15(19)22-21-16(14-8-4-6-10-17(14)24-21)12-18-23(28)25(2)13-20(27)26(18)22/h4-11,18,22,24H,3,12-13H2,1-2H3/t18-,22+/m0/s1. The summed E-state index contributed by atoms with van der Waals surface area (Å²) in [5, 5.41) is 1.11. The molecule has 6 nitrogen and oxygen atoms in total. The molecule has 6 heteroatoms. The van der Waals surface area contributed by atoms with Gasteiger partial charge in [-0.25, -0.2) is 0 Å². The van der Waals surface area contributed by atoms with Crippen LogP contribution in [-0.2, 0) is 16.0 Å². The largest absolute Gasteiger partial charge is 0.494 e. The summed E-state index contributed by atoms with van der Waals surface area (Å²) in [6.45, 7) is 2.57. The fraction of sp³-hybridized carbons (Fsp3) is 0.304. The van der Waals surface area contributed by atoms with Crippen molar-refractivity contribution in [3.05, 3.63) is 65.4 Å². The van der Waals surface area contributed by atoms with Crippen LogP contribution in [0.4, 0.5) is 0 Å². The Morgan fingerprint density at radius 3 is 2.69 bits per heavy atom. The number of hydrogen-bond acceptors (Lipinski definition) is 3. The number of hydrogen-bond donors (Lipinski definition) is 1. The van der Waals surface area contributed by atoms with Gasteiger partial charge in [0.2, 0.25) is 11.8 Å². The molecule has 2 amide bonds. The lowest BCUT2D eigenvalue weighted by atomic mass is 9.86. The Bertz CT molecular complexity index is 1120. The minimum atomic E-state index is -0.507. The predicted molar refractivity (Wildman–Crippen MR) is 110 cm³/mol. The number of rotatable bonds is 3. The summed E-state index contributed by atoms with van der Waals surface area (Å²) >= 11 is 0. The highest BCUT2D eigenvalue weighted by atomic mass is 16.5. The van der Waals surface area contributed by atoms with Crippen molar-refractivity contribution < 1.29 is 14.3 Å². The van der Waals surface area contributed by atoms with E-state index in [1.54, 1.807) is 11.9 Å². The second kappa shape index (κ2) is 6.65. The van der Waals surface area contributed by atoms with Crippen molar-refractivity contribution in [2.75, 3.05) is 20.2 Å². The number of nitrogens with one attached hydrogen (secondary N) is 1. The van der Waals surface area contributed by atoms with Crippen LogP contribution in [-0.4, -0.2) is 52.8 Å². The number of H-pyrrole nitrogens is 1. The van der Waals surface area contributed by atoms with Gasteiger partial charge in [0.1, 0.15) is 17.8 Å². The van der Waals surface area contributed by atoms with Crippen molar-refractivity contribution in [3.8, 4) is 5.75 Å². The van der Waals surface area contributed by atoms with Gasteiger partial charge in [0.15, 0.2) is 0 Å². The van der Waals surface area contributed by atoms with E-state index >= 15 is 0 Å². The number of aromatic amines is 1. The second-order valence-corrected chi connectivity index (χ2v) is 7.65. The fourth-order valence-corrected chi connectivity index (χ4v) is 4.72. The molecule has 0 bridgehead atoms. The highest BCUT2D eigenvalue weighted by Crippen LogP contribution is 2.44. The summed E-state index contributed by atoms with van der Waals surface area (Å²) in [4.78, 5) is 33.0. The molecule has 2 aromatic carbocycles. The van der Waals surface area contributed by atoms with Gasteiger partial charge in [0.05, 0.1) is 13.2 Å². The van der Waals surface area contributed by atoms with E-state index in [9.17, 15) is 9.59 Å². The van der Waals surface area contributed by atoms with E-state index in [4.69, 9.17) is 4.74 Å². The number of likely N-dealkylation sites (N-methyl/N-ethyl adjacent to an activating group) is 1. The molecule has 0 spiro atoms. The third-order valence-corrected chi connectivity index (χ3v) is 5.97. The van der Waals surface area contributed by atoms with Gasteiger partial charge in [0.25, 0.3) is 0 Å².